The summed E-state index contributed by atoms with van der Waals surface area (Å²) >= 11 is 0. The van der Waals surface area contributed by atoms with Crippen molar-refractivity contribution in [3.05, 3.63) is 29.8 Å². The summed E-state index contributed by atoms with van der Waals surface area (Å²) in [5.74, 6) is 0. The van der Waals surface area contributed by atoms with E-state index in [-0.39, 0.29) is 6.61 Å². The lowest BCUT2D eigenvalue weighted by molar-refractivity contribution is -0.105. The van der Waals surface area contributed by atoms with E-state index in [2.05, 4.69) is 4.99 Å². The normalized spacial score (nSPS) is 13.1. The molecule has 0 bridgehead atoms. The third-order valence-corrected chi connectivity index (χ3v) is 3.36. The highest BCUT2D eigenvalue weighted by Gasteiger charge is 2.22. The first-order valence-corrected chi connectivity index (χ1v) is 8.28. The van der Waals surface area contributed by atoms with Crippen molar-refractivity contribution >= 4 is 23.2 Å². The number of ether oxygens (including phenoxy) is 1. The molecule has 0 N–H and O–H groups in total. The topological polar surface area (TPSA) is 68.2 Å². The van der Waals surface area contributed by atoms with Gasteiger partial charge in [-0.3, -0.25) is 14.0 Å². The van der Waals surface area contributed by atoms with Crippen LogP contribution in [-0.2, 0) is 27.0 Å². The summed E-state index contributed by atoms with van der Waals surface area (Å²) in [5.41, 5.74) is 0.222. The first-order chi connectivity index (χ1) is 10.2. The molecule has 1 aromatic carbocycles. The number of amides is 1. The van der Waals surface area contributed by atoms with E-state index in [4.69, 9.17) is 9.57 Å². The first kappa shape index (κ1) is 18.3. The Morgan fingerprint density at radius 1 is 1.32 bits per heavy atom. The van der Waals surface area contributed by atoms with Crippen molar-refractivity contribution < 1.29 is 18.6 Å². The minimum Gasteiger partial charge on any atom is -0.442 e. The predicted octanol–water partition coefficient (Wildman–Crippen LogP) is 2.75. The van der Waals surface area contributed by atoms with Crippen LogP contribution in [0.3, 0.4) is 0 Å². The molecule has 0 saturated heterocycles. The lowest BCUT2D eigenvalue weighted by atomic mass is 10.2. The largest absolute Gasteiger partial charge is 0.442 e. The van der Waals surface area contributed by atoms with Gasteiger partial charge < -0.3 is 4.74 Å². The standard InChI is InChI=1S/C15H22N2O4S/c1-15(2,3)21-14(18)17(11-16-4)20-10-12-6-8-13(9-7-12)22(5)19/h6-9,11H,10H2,1-5H3. The SMILES string of the molecule is CN=CN(OCc1ccc(S(C)=O)cc1)C(=O)OC(C)(C)C. The van der Waals surface area contributed by atoms with Crippen LogP contribution in [0.1, 0.15) is 26.3 Å². The lowest BCUT2D eigenvalue weighted by Crippen LogP contribution is -2.36. The monoisotopic (exact) mass is 326 g/mol. The Bertz CT molecular complexity index is 550. The first-order valence-electron chi connectivity index (χ1n) is 6.72. The van der Waals surface area contributed by atoms with Crippen LogP contribution in [0.4, 0.5) is 4.79 Å². The maximum atomic E-state index is 12.0. The van der Waals surface area contributed by atoms with Gasteiger partial charge in [-0.05, 0) is 38.5 Å². The molecule has 0 aliphatic rings. The molecule has 0 fully saturated rings. The summed E-state index contributed by atoms with van der Waals surface area (Å²) in [7, 11) is 0.516. The number of carbonyl (C=O) groups is 1. The molecule has 6 nitrogen and oxygen atoms in total. The fraction of sp³-hybridized carbons (Fsp3) is 0.467. The van der Waals surface area contributed by atoms with Crippen molar-refractivity contribution in [2.24, 2.45) is 4.99 Å². The third kappa shape index (κ3) is 6.36. The van der Waals surface area contributed by atoms with E-state index in [1.807, 2.05) is 0 Å². The van der Waals surface area contributed by atoms with Gasteiger partial charge in [-0.15, -0.1) is 5.06 Å². The minimum atomic E-state index is -1.02. The van der Waals surface area contributed by atoms with Gasteiger partial charge in [0.15, 0.2) is 0 Å². The summed E-state index contributed by atoms with van der Waals surface area (Å²) in [6.07, 6.45) is 2.24. The van der Waals surface area contributed by atoms with Gasteiger partial charge in [0.1, 0.15) is 18.5 Å². The molecule has 0 aromatic heterocycles. The lowest BCUT2D eigenvalue weighted by Gasteiger charge is -2.24. The van der Waals surface area contributed by atoms with Crippen molar-refractivity contribution in [2.45, 2.75) is 37.9 Å². The highest BCUT2D eigenvalue weighted by molar-refractivity contribution is 7.84. The zero-order chi connectivity index (χ0) is 16.8. The Morgan fingerprint density at radius 2 is 1.91 bits per heavy atom. The minimum absolute atomic E-state index is 0.169. The van der Waals surface area contributed by atoms with E-state index in [1.165, 1.54) is 13.4 Å². The highest BCUT2D eigenvalue weighted by Crippen LogP contribution is 2.12. The quantitative estimate of drug-likeness (QED) is 0.474. The third-order valence-electron chi connectivity index (χ3n) is 2.42. The number of hydrogen-bond acceptors (Lipinski definition) is 5. The van der Waals surface area contributed by atoms with Crippen molar-refractivity contribution in [3.8, 4) is 0 Å². The van der Waals surface area contributed by atoms with Crippen molar-refractivity contribution in [3.63, 3.8) is 0 Å². The van der Waals surface area contributed by atoms with E-state index in [1.54, 1.807) is 51.3 Å². The van der Waals surface area contributed by atoms with Crippen molar-refractivity contribution in [1.82, 2.24) is 5.06 Å². The molecule has 7 heteroatoms. The summed E-state index contributed by atoms with van der Waals surface area (Å²) < 4.78 is 16.5. The van der Waals surface area contributed by atoms with Crippen LogP contribution in [0.2, 0.25) is 0 Å². The Morgan fingerprint density at radius 3 is 2.36 bits per heavy atom. The Balaban J connectivity index is 2.68. The zero-order valence-corrected chi connectivity index (χ0v) is 14.3. The van der Waals surface area contributed by atoms with Crippen LogP contribution in [0.15, 0.2) is 34.2 Å². The van der Waals surface area contributed by atoms with Crippen LogP contribution >= 0.6 is 0 Å². The molecule has 0 saturated carbocycles. The Kier molecular flexibility index (Phi) is 6.70. The van der Waals surface area contributed by atoms with Gasteiger partial charge >= 0.3 is 6.09 Å². The molecule has 122 valence electrons. The Hall–Kier alpha value is -1.73. The van der Waals surface area contributed by atoms with Gasteiger partial charge in [-0.1, -0.05) is 12.1 Å². The molecule has 1 amide bonds. The molecule has 1 aromatic rings. The fourth-order valence-corrected chi connectivity index (χ4v) is 1.99. The molecule has 0 aliphatic carbocycles. The van der Waals surface area contributed by atoms with Gasteiger partial charge in [0.2, 0.25) is 0 Å². The van der Waals surface area contributed by atoms with Crippen LogP contribution < -0.4 is 0 Å². The molecule has 22 heavy (non-hydrogen) atoms. The fourth-order valence-electron chi connectivity index (χ4n) is 1.47. The van der Waals surface area contributed by atoms with Crippen LogP contribution in [-0.4, -0.2) is 40.6 Å². The molecule has 1 atom stereocenters. The molecular weight excluding hydrogens is 304 g/mol. The van der Waals surface area contributed by atoms with Crippen molar-refractivity contribution in [1.29, 1.82) is 0 Å². The van der Waals surface area contributed by atoms with E-state index in [0.717, 1.165) is 15.5 Å². The number of rotatable bonds is 5. The molecule has 0 radical (unpaired) electrons. The second-order valence-corrected chi connectivity index (χ2v) is 6.93. The van der Waals surface area contributed by atoms with Crippen molar-refractivity contribution in [2.75, 3.05) is 13.3 Å². The molecule has 0 spiro atoms. The maximum absolute atomic E-state index is 12.0. The molecule has 1 rings (SSSR count). The summed E-state index contributed by atoms with van der Waals surface area (Å²) in [5, 5.41) is 0.955. The van der Waals surface area contributed by atoms with Gasteiger partial charge in [0.05, 0.1) is 0 Å². The van der Waals surface area contributed by atoms with Gasteiger partial charge in [-0.25, -0.2) is 4.79 Å². The van der Waals surface area contributed by atoms with Crippen LogP contribution in [0.25, 0.3) is 0 Å². The average Bonchev–Trinajstić information content (AvgIpc) is 2.41. The number of benzene rings is 1. The van der Waals surface area contributed by atoms with E-state index >= 15 is 0 Å². The number of nitrogens with zero attached hydrogens (tertiary/aromatic N) is 2. The highest BCUT2D eigenvalue weighted by atomic mass is 32.2. The molecule has 0 heterocycles. The smallest absolute Gasteiger partial charge is 0.440 e. The summed E-state index contributed by atoms with van der Waals surface area (Å²) in [4.78, 5) is 21.9. The van der Waals surface area contributed by atoms with E-state index < -0.39 is 22.5 Å². The molecule has 1 unspecified atom stereocenters. The summed E-state index contributed by atoms with van der Waals surface area (Å²) in [6.45, 7) is 5.49. The van der Waals surface area contributed by atoms with Crippen LogP contribution in [0, 0.1) is 0 Å². The number of hydrogen-bond donors (Lipinski definition) is 0. The zero-order valence-electron chi connectivity index (χ0n) is 13.5. The average molecular weight is 326 g/mol. The van der Waals surface area contributed by atoms with E-state index in [9.17, 15) is 9.00 Å². The second-order valence-electron chi connectivity index (χ2n) is 5.55. The molecule has 0 aliphatic heterocycles. The number of aliphatic imine (C=N–C) groups is 1. The number of hydroxylamine groups is 2. The number of carbonyl (C=O) groups excluding carboxylic acids is 1. The molecular formula is C15H22N2O4S. The van der Waals surface area contributed by atoms with Gasteiger partial charge in [-0.2, -0.15) is 0 Å². The van der Waals surface area contributed by atoms with Crippen LogP contribution in [0.5, 0.6) is 0 Å². The summed E-state index contributed by atoms with van der Waals surface area (Å²) in [6, 6.07) is 7.13. The second kappa shape index (κ2) is 8.05. The Labute approximate surface area is 133 Å². The predicted molar refractivity (Wildman–Crippen MR) is 86.1 cm³/mol. The van der Waals surface area contributed by atoms with Gasteiger partial charge in [0.25, 0.3) is 0 Å². The maximum Gasteiger partial charge on any atom is 0.440 e. The van der Waals surface area contributed by atoms with Gasteiger partial charge in [0, 0.05) is 29.0 Å². The van der Waals surface area contributed by atoms with E-state index in [0.29, 0.717) is 0 Å².